The molecule has 2 aromatic heterocycles. The molecular formula is C17H20Cl2N2OS. The molecule has 124 valence electrons. The smallest absolute Gasteiger partial charge is 0.258 e. The summed E-state index contributed by atoms with van der Waals surface area (Å²) in [6.45, 7) is 4.92. The van der Waals surface area contributed by atoms with E-state index in [-0.39, 0.29) is 30.4 Å². The highest BCUT2D eigenvalue weighted by Crippen LogP contribution is 2.26. The first-order chi connectivity index (χ1) is 10.2. The Bertz CT molecular complexity index is 842. The Kier molecular flexibility index (Phi) is 7.26. The molecule has 0 fully saturated rings. The Balaban J connectivity index is 0.00000132. The lowest BCUT2D eigenvalue weighted by Crippen LogP contribution is -2.19. The predicted molar refractivity (Wildman–Crippen MR) is 103 cm³/mol. The Morgan fingerprint density at radius 3 is 2.65 bits per heavy atom. The molecule has 1 aromatic carbocycles. The van der Waals surface area contributed by atoms with Gasteiger partial charge in [-0.05, 0) is 36.9 Å². The predicted octanol–water partition coefficient (Wildman–Crippen LogP) is 5.08. The molecule has 0 bridgehead atoms. The van der Waals surface area contributed by atoms with Gasteiger partial charge in [0.05, 0.1) is 0 Å². The number of hydrogen-bond donors (Lipinski definition) is 0. The molecule has 0 saturated carbocycles. The summed E-state index contributed by atoms with van der Waals surface area (Å²) in [7, 11) is 0. The molecule has 0 spiro atoms. The summed E-state index contributed by atoms with van der Waals surface area (Å²) in [6.07, 6.45) is 4.02. The van der Waals surface area contributed by atoms with Gasteiger partial charge < -0.3 is 4.57 Å². The zero-order valence-electron chi connectivity index (χ0n) is 13.1. The summed E-state index contributed by atoms with van der Waals surface area (Å²) in [4.78, 5) is 16.9. The Morgan fingerprint density at radius 1 is 1.22 bits per heavy atom. The number of halogens is 2. The van der Waals surface area contributed by atoms with Crippen LogP contribution in [0, 0.1) is 6.92 Å². The molecule has 23 heavy (non-hydrogen) atoms. The average molecular weight is 371 g/mol. The summed E-state index contributed by atoms with van der Waals surface area (Å²) in [5.41, 5.74) is 2.21. The Hall–Kier alpha value is -1.36. The quantitative estimate of drug-likeness (QED) is 0.641. The van der Waals surface area contributed by atoms with Gasteiger partial charge in [0.1, 0.15) is 5.01 Å². The van der Waals surface area contributed by atoms with Gasteiger partial charge in [-0.1, -0.05) is 19.4 Å². The molecule has 0 saturated heterocycles. The summed E-state index contributed by atoms with van der Waals surface area (Å²) in [6, 6.07) is 7.99. The van der Waals surface area contributed by atoms with Crippen LogP contribution in [-0.4, -0.2) is 9.55 Å². The number of benzene rings is 1. The van der Waals surface area contributed by atoms with Crippen molar-refractivity contribution in [1.82, 2.24) is 9.55 Å². The number of thiazole rings is 1. The van der Waals surface area contributed by atoms with E-state index in [2.05, 4.69) is 18.0 Å². The third-order valence-electron chi connectivity index (χ3n) is 3.60. The van der Waals surface area contributed by atoms with Crippen molar-refractivity contribution in [2.24, 2.45) is 0 Å². The van der Waals surface area contributed by atoms with E-state index in [1.807, 2.05) is 36.7 Å². The first-order valence-corrected chi connectivity index (χ1v) is 8.12. The minimum absolute atomic E-state index is 0. The first-order valence-electron chi connectivity index (χ1n) is 7.25. The summed E-state index contributed by atoms with van der Waals surface area (Å²) in [5.74, 6) is 0. The SMILES string of the molecule is CCCCn1ccc2cc(-c3nc(C)cs3)ccc2c1=O.Cl.Cl. The van der Waals surface area contributed by atoms with Gasteiger partial charge in [-0.2, -0.15) is 0 Å². The summed E-state index contributed by atoms with van der Waals surface area (Å²) in [5, 5.41) is 4.82. The highest BCUT2D eigenvalue weighted by Gasteiger charge is 2.07. The van der Waals surface area contributed by atoms with Gasteiger partial charge in [0, 0.05) is 34.8 Å². The van der Waals surface area contributed by atoms with Crippen molar-refractivity contribution in [2.75, 3.05) is 0 Å². The van der Waals surface area contributed by atoms with Crippen LogP contribution >= 0.6 is 36.2 Å². The van der Waals surface area contributed by atoms with Gasteiger partial charge >= 0.3 is 0 Å². The van der Waals surface area contributed by atoms with Crippen molar-refractivity contribution >= 4 is 46.9 Å². The minimum atomic E-state index is 0. The highest BCUT2D eigenvalue weighted by molar-refractivity contribution is 7.13. The second-order valence-corrected chi connectivity index (χ2v) is 6.12. The van der Waals surface area contributed by atoms with Gasteiger partial charge in [-0.25, -0.2) is 4.98 Å². The minimum Gasteiger partial charge on any atom is -0.315 e. The van der Waals surface area contributed by atoms with E-state index in [0.29, 0.717) is 0 Å². The summed E-state index contributed by atoms with van der Waals surface area (Å²) < 4.78 is 1.80. The molecule has 2 heterocycles. The molecule has 3 aromatic rings. The van der Waals surface area contributed by atoms with E-state index in [1.54, 1.807) is 15.9 Å². The van der Waals surface area contributed by atoms with Crippen LogP contribution in [0.3, 0.4) is 0 Å². The van der Waals surface area contributed by atoms with Crippen LogP contribution in [0.5, 0.6) is 0 Å². The summed E-state index contributed by atoms with van der Waals surface area (Å²) >= 11 is 1.64. The molecule has 0 atom stereocenters. The second-order valence-electron chi connectivity index (χ2n) is 5.26. The van der Waals surface area contributed by atoms with Gasteiger partial charge in [0.2, 0.25) is 0 Å². The zero-order valence-corrected chi connectivity index (χ0v) is 15.6. The topological polar surface area (TPSA) is 34.9 Å². The molecule has 3 rings (SSSR count). The number of nitrogens with zero attached hydrogens (tertiary/aromatic N) is 2. The van der Waals surface area contributed by atoms with Crippen molar-refractivity contribution in [3.8, 4) is 10.6 Å². The molecule has 0 unspecified atom stereocenters. The molecule has 6 heteroatoms. The monoisotopic (exact) mass is 370 g/mol. The van der Waals surface area contributed by atoms with Crippen LogP contribution in [0.2, 0.25) is 0 Å². The lowest BCUT2D eigenvalue weighted by Gasteiger charge is -2.07. The third-order valence-corrected chi connectivity index (χ3v) is 4.60. The molecule has 0 aliphatic rings. The van der Waals surface area contributed by atoms with Gasteiger partial charge in [-0.15, -0.1) is 36.2 Å². The van der Waals surface area contributed by atoms with Crippen LogP contribution in [0.4, 0.5) is 0 Å². The molecule has 3 nitrogen and oxygen atoms in total. The fourth-order valence-corrected chi connectivity index (χ4v) is 3.21. The van der Waals surface area contributed by atoms with Crippen LogP contribution < -0.4 is 5.56 Å². The number of hydrogen-bond acceptors (Lipinski definition) is 3. The van der Waals surface area contributed by atoms with E-state index >= 15 is 0 Å². The first kappa shape index (κ1) is 19.7. The lowest BCUT2D eigenvalue weighted by molar-refractivity contribution is 0.617. The van der Waals surface area contributed by atoms with E-state index < -0.39 is 0 Å². The van der Waals surface area contributed by atoms with E-state index in [1.165, 1.54) is 0 Å². The molecule has 0 aliphatic heterocycles. The molecule has 0 aliphatic carbocycles. The highest BCUT2D eigenvalue weighted by atomic mass is 35.5. The van der Waals surface area contributed by atoms with Crippen LogP contribution in [0.1, 0.15) is 25.5 Å². The Morgan fingerprint density at radius 2 is 2.00 bits per heavy atom. The standard InChI is InChI=1S/C17H18N2OS.2ClH/c1-3-4-8-19-9-7-13-10-14(5-6-15(13)17(19)20)16-18-12(2)11-21-16;;/h5-7,9-11H,3-4,8H2,1-2H3;2*1H. The van der Waals surface area contributed by atoms with E-state index in [4.69, 9.17) is 0 Å². The normalized spacial score (nSPS) is 10.2. The van der Waals surface area contributed by atoms with Crippen LogP contribution in [0.15, 0.2) is 40.6 Å². The van der Waals surface area contributed by atoms with E-state index in [0.717, 1.165) is 46.4 Å². The van der Waals surface area contributed by atoms with Gasteiger partial charge in [0.25, 0.3) is 5.56 Å². The maximum absolute atomic E-state index is 12.4. The van der Waals surface area contributed by atoms with Crippen molar-refractivity contribution < 1.29 is 0 Å². The number of rotatable bonds is 4. The average Bonchev–Trinajstić information content (AvgIpc) is 2.93. The Labute approximate surface area is 152 Å². The third kappa shape index (κ3) is 4.14. The van der Waals surface area contributed by atoms with Gasteiger partial charge in [-0.3, -0.25) is 4.79 Å². The number of pyridine rings is 1. The molecule has 0 radical (unpaired) electrons. The number of unbranched alkanes of at least 4 members (excludes halogenated alkanes) is 1. The number of aryl methyl sites for hydroxylation is 2. The lowest BCUT2D eigenvalue weighted by atomic mass is 10.1. The van der Waals surface area contributed by atoms with Crippen molar-refractivity contribution in [1.29, 1.82) is 0 Å². The fourth-order valence-electron chi connectivity index (χ4n) is 2.41. The van der Waals surface area contributed by atoms with Crippen molar-refractivity contribution in [3.63, 3.8) is 0 Å². The maximum atomic E-state index is 12.4. The van der Waals surface area contributed by atoms with Crippen LogP contribution in [-0.2, 0) is 6.54 Å². The maximum Gasteiger partial charge on any atom is 0.258 e. The zero-order chi connectivity index (χ0) is 14.8. The molecule has 0 amide bonds. The van der Waals surface area contributed by atoms with Crippen LogP contribution in [0.25, 0.3) is 21.3 Å². The molecule has 0 N–H and O–H groups in total. The largest absolute Gasteiger partial charge is 0.315 e. The van der Waals surface area contributed by atoms with E-state index in [9.17, 15) is 4.79 Å². The number of aromatic nitrogens is 2. The second kappa shape index (κ2) is 8.48. The number of fused-ring (bicyclic) bond motifs is 1. The van der Waals surface area contributed by atoms with Crippen molar-refractivity contribution in [3.05, 3.63) is 51.9 Å². The fraction of sp³-hybridized carbons (Fsp3) is 0.294. The van der Waals surface area contributed by atoms with Crippen molar-refractivity contribution in [2.45, 2.75) is 33.2 Å². The van der Waals surface area contributed by atoms with Gasteiger partial charge in [0.15, 0.2) is 0 Å². The molecular weight excluding hydrogens is 351 g/mol.